The summed E-state index contributed by atoms with van der Waals surface area (Å²) in [6.45, 7) is 7.23. The third kappa shape index (κ3) is 3.37. The molecule has 0 aromatic heterocycles. The molecule has 2 rings (SSSR count). The molecular formula is C17H24O2. The Balaban J connectivity index is 1.82. The average molecular weight is 260 g/mol. The number of hydrogen-bond donors (Lipinski definition) is 0. The van der Waals surface area contributed by atoms with E-state index in [1.807, 2.05) is 30.3 Å². The van der Waals surface area contributed by atoms with E-state index >= 15 is 0 Å². The molecule has 0 unspecified atom stereocenters. The van der Waals surface area contributed by atoms with Crippen LogP contribution in [0.4, 0.5) is 0 Å². The Bertz CT molecular complexity index is 422. The van der Waals surface area contributed by atoms with Crippen LogP contribution in [0.1, 0.15) is 45.6 Å². The molecule has 1 aliphatic rings. The highest BCUT2D eigenvalue weighted by Crippen LogP contribution is 2.48. The second-order valence-corrected chi connectivity index (χ2v) is 6.35. The van der Waals surface area contributed by atoms with Crippen molar-refractivity contribution in [3.8, 4) is 0 Å². The molecule has 0 spiro atoms. The molecule has 1 aromatic rings. The highest BCUT2D eigenvalue weighted by molar-refractivity contribution is 5.69. The minimum Gasteiger partial charge on any atom is -0.461 e. The fraction of sp³-hybridized carbons (Fsp3) is 0.588. The lowest BCUT2D eigenvalue weighted by Crippen LogP contribution is -2.26. The summed E-state index contributed by atoms with van der Waals surface area (Å²) < 4.78 is 5.38. The second kappa shape index (κ2) is 5.77. The van der Waals surface area contributed by atoms with Crippen LogP contribution in [0.5, 0.6) is 0 Å². The molecule has 19 heavy (non-hydrogen) atoms. The van der Waals surface area contributed by atoms with Crippen molar-refractivity contribution in [2.45, 2.75) is 46.6 Å². The number of ether oxygens (including phenoxy) is 1. The van der Waals surface area contributed by atoms with Gasteiger partial charge in [0.15, 0.2) is 0 Å². The molecule has 0 N–H and O–H groups in total. The molecule has 0 radical (unpaired) electrons. The topological polar surface area (TPSA) is 26.3 Å². The van der Waals surface area contributed by atoms with Gasteiger partial charge in [-0.25, -0.2) is 0 Å². The molecule has 0 amide bonds. The van der Waals surface area contributed by atoms with Gasteiger partial charge in [-0.15, -0.1) is 0 Å². The van der Waals surface area contributed by atoms with E-state index < -0.39 is 0 Å². The molecule has 1 fully saturated rings. The van der Waals surface area contributed by atoms with Crippen molar-refractivity contribution in [1.82, 2.24) is 0 Å². The van der Waals surface area contributed by atoms with Gasteiger partial charge >= 0.3 is 5.97 Å². The van der Waals surface area contributed by atoms with E-state index in [2.05, 4.69) is 20.8 Å². The molecule has 0 saturated heterocycles. The first-order valence-corrected chi connectivity index (χ1v) is 7.19. The monoisotopic (exact) mass is 260 g/mol. The molecule has 1 aromatic carbocycles. The molecule has 2 heteroatoms. The molecule has 0 heterocycles. The first-order chi connectivity index (χ1) is 9.00. The Morgan fingerprint density at radius 3 is 2.53 bits per heavy atom. The predicted octanol–water partition coefficient (Wildman–Crippen LogP) is 4.19. The number of esters is 1. The minimum absolute atomic E-state index is 0.0592. The molecular weight excluding hydrogens is 236 g/mol. The van der Waals surface area contributed by atoms with Gasteiger partial charge in [-0.1, -0.05) is 51.1 Å². The number of carbonyl (C=O) groups excluding carboxylic acids is 1. The Labute approximate surface area is 116 Å². The second-order valence-electron chi connectivity index (χ2n) is 6.35. The maximum Gasteiger partial charge on any atom is 0.306 e. The summed E-state index contributed by atoms with van der Waals surface area (Å²) in [4.78, 5) is 11.9. The van der Waals surface area contributed by atoms with Crippen LogP contribution in [0.25, 0.3) is 0 Å². The van der Waals surface area contributed by atoms with Gasteiger partial charge in [0.05, 0.1) is 0 Å². The third-order valence-corrected chi connectivity index (χ3v) is 4.93. The number of benzene rings is 1. The molecule has 2 atom stereocenters. The smallest absolute Gasteiger partial charge is 0.306 e. The molecule has 2 nitrogen and oxygen atoms in total. The van der Waals surface area contributed by atoms with Crippen molar-refractivity contribution in [3.05, 3.63) is 35.9 Å². The first kappa shape index (κ1) is 14.1. The van der Waals surface area contributed by atoms with E-state index in [0.717, 1.165) is 12.0 Å². The first-order valence-electron chi connectivity index (χ1n) is 7.19. The molecule has 0 aliphatic heterocycles. The highest BCUT2D eigenvalue weighted by atomic mass is 16.5. The van der Waals surface area contributed by atoms with Gasteiger partial charge in [0.2, 0.25) is 0 Å². The predicted molar refractivity (Wildman–Crippen MR) is 76.5 cm³/mol. The zero-order chi connectivity index (χ0) is 13.9. The maximum absolute atomic E-state index is 11.9. The highest BCUT2D eigenvalue weighted by Gasteiger charge is 2.41. The van der Waals surface area contributed by atoms with Crippen molar-refractivity contribution in [2.75, 3.05) is 0 Å². The lowest BCUT2D eigenvalue weighted by molar-refractivity contribution is -0.147. The standard InChI is InChI=1S/C17H24O2/c1-13-9-10-15(17(13,2)3)11-16(18)19-12-14-7-5-4-6-8-14/h4-8,13,15H,9-12H2,1-3H3/t13-,15+/m0/s1. The van der Waals surface area contributed by atoms with Crippen molar-refractivity contribution in [3.63, 3.8) is 0 Å². The largest absolute Gasteiger partial charge is 0.461 e. The van der Waals surface area contributed by atoms with Gasteiger partial charge in [-0.05, 0) is 35.7 Å². The van der Waals surface area contributed by atoms with Crippen LogP contribution in [0.2, 0.25) is 0 Å². The number of rotatable bonds is 4. The van der Waals surface area contributed by atoms with E-state index in [1.165, 1.54) is 6.42 Å². The van der Waals surface area contributed by atoms with Crippen molar-refractivity contribution in [2.24, 2.45) is 17.3 Å². The van der Waals surface area contributed by atoms with E-state index in [-0.39, 0.29) is 11.4 Å². The summed E-state index contributed by atoms with van der Waals surface area (Å²) in [5, 5.41) is 0. The Morgan fingerprint density at radius 1 is 1.26 bits per heavy atom. The van der Waals surface area contributed by atoms with Gasteiger partial charge in [0.1, 0.15) is 6.61 Å². The molecule has 1 aliphatic carbocycles. The van der Waals surface area contributed by atoms with Gasteiger partial charge in [0.25, 0.3) is 0 Å². The van der Waals surface area contributed by atoms with E-state index in [1.54, 1.807) is 0 Å². The normalized spacial score (nSPS) is 25.2. The summed E-state index contributed by atoms with van der Waals surface area (Å²) >= 11 is 0. The fourth-order valence-corrected chi connectivity index (χ4v) is 2.96. The maximum atomic E-state index is 11.9. The summed E-state index contributed by atoms with van der Waals surface area (Å²) in [5.41, 5.74) is 1.31. The van der Waals surface area contributed by atoms with Crippen LogP contribution in [0.15, 0.2) is 30.3 Å². The Hall–Kier alpha value is -1.31. The third-order valence-electron chi connectivity index (χ3n) is 4.93. The van der Waals surface area contributed by atoms with Crippen LogP contribution in [-0.4, -0.2) is 5.97 Å². The summed E-state index contributed by atoms with van der Waals surface area (Å²) in [7, 11) is 0. The lowest BCUT2D eigenvalue weighted by Gasteiger charge is -2.30. The lowest BCUT2D eigenvalue weighted by atomic mass is 9.75. The van der Waals surface area contributed by atoms with E-state index in [4.69, 9.17) is 4.74 Å². The number of hydrogen-bond acceptors (Lipinski definition) is 2. The van der Waals surface area contributed by atoms with Crippen LogP contribution >= 0.6 is 0 Å². The van der Waals surface area contributed by atoms with E-state index in [9.17, 15) is 4.79 Å². The minimum atomic E-state index is -0.0592. The molecule has 1 saturated carbocycles. The molecule has 0 bridgehead atoms. The van der Waals surface area contributed by atoms with Gasteiger partial charge < -0.3 is 4.74 Å². The van der Waals surface area contributed by atoms with Crippen molar-refractivity contribution in [1.29, 1.82) is 0 Å². The van der Waals surface area contributed by atoms with Crippen LogP contribution in [0, 0.1) is 17.3 Å². The summed E-state index contributed by atoms with van der Waals surface area (Å²) in [6.07, 6.45) is 2.93. The van der Waals surface area contributed by atoms with Crippen molar-refractivity contribution < 1.29 is 9.53 Å². The van der Waals surface area contributed by atoms with Gasteiger partial charge in [0, 0.05) is 6.42 Å². The zero-order valence-electron chi connectivity index (χ0n) is 12.2. The van der Waals surface area contributed by atoms with Crippen LogP contribution in [0.3, 0.4) is 0 Å². The van der Waals surface area contributed by atoms with Crippen LogP contribution in [-0.2, 0) is 16.1 Å². The SMILES string of the molecule is C[C@H]1CC[C@H](CC(=O)OCc2ccccc2)C1(C)C. The zero-order valence-corrected chi connectivity index (χ0v) is 12.2. The average Bonchev–Trinajstić information content (AvgIpc) is 2.64. The van der Waals surface area contributed by atoms with E-state index in [0.29, 0.717) is 24.9 Å². The fourth-order valence-electron chi connectivity index (χ4n) is 2.96. The van der Waals surface area contributed by atoms with Crippen molar-refractivity contribution >= 4 is 5.97 Å². The quantitative estimate of drug-likeness (QED) is 0.759. The Kier molecular flexibility index (Phi) is 4.28. The van der Waals surface area contributed by atoms with Gasteiger partial charge in [-0.3, -0.25) is 4.79 Å². The molecule has 104 valence electrons. The number of carbonyl (C=O) groups is 1. The van der Waals surface area contributed by atoms with Crippen LogP contribution < -0.4 is 0 Å². The Morgan fingerprint density at radius 2 is 1.95 bits per heavy atom. The van der Waals surface area contributed by atoms with Gasteiger partial charge in [-0.2, -0.15) is 0 Å². The summed E-state index contributed by atoms with van der Waals surface area (Å²) in [6, 6.07) is 9.85. The summed E-state index contributed by atoms with van der Waals surface area (Å²) in [5.74, 6) is 1.10.